The molecule has 3 aliphatic rings. The second-order valence-corrected chi connectivity index (χ2v) is 19.1. The van der Waals surface area contributed by atoms with E-state index in [1.54, 1.807) is 13.1 Å². The molecule has 332 valence electrons. The van der Waals surface area contributed by atoms with E-state index in [1.165, 1.54) is 9.80 Å². The van der Waals surface area contributed by atoms with Crippen LogP contribution in [0.3, 0.4) is 0 Å². The van der Waals surface area contributed by atoms with Crippen LogP contribution >= 0.6 is 0 Å². The van der Waals surface area contributed by atoms with Crippen molar-refractivity contribution in [3.8, 4) is 28.1 Å². The fraction of sp³-hybridized carbons (Fsp3) is 0.442. The second kappa shape index (κ2) is 18.3. The lowest BCUT2D eigenvalue weighted by Crippen LogP contribution is -2.72. The Morgan fingerprint density at radius 1 is 0.722 bits per heavy atom. The Morgan fingerprint density at radius 2 is 1.38 bits per heavy atom. The van der Waals surface area contributed by atoms with Crippen LogP contribution in [0, 0.1) is 0 Å². The molecule has 5 atom stereocenters. The number of fused-ring (bicyclic) bond motifs is 6. The average molecular weight is 928 g/mol. The zero-order valence-corrected chi connectivity index (χ0v) is 39.8. The number of hydrogen-bond acceptors (Lipinski definition) is 9. The Labute approximate surface area is 436 Å². The fourth-order valence-electron chi connectivity index (χ4n) is 10.1. The van der Waals surface area contributed by atoms with Crippen molar-refractivity contribution in [3.05, 3.63) is 65.9 Å². The quantitative estimate of drug-likeness (QED) is 0.128. The largest absolute Gasteiger partial charge is 0.488 e. The van der Waals surface area contributed by atoms with Gasteiger partial charge in [-0.2, -0.15) is 0 Å². The Hall–Kier alpha value is -5.21. The molecule has 29 heteroatoms. The third kappa shape index (κ3) is 8.43. The number of benzene rings is 3. The Bertz CT molecular complexity index is 2980. The topological polar surface area (TPSA) is 184 Å². The van der Waals surface area contributed by atoms with E-state index in [1.807, 2.05) is 42.5 Å². The Morgan fingerprint density at radius 3 is 2.00 bits per heavy atom. The minimum Gasteiger partial charge on any atom is -0.488 e. The summed E-state index contributed by atoms with van der Waals surface area (Å²) >= 11 is 0. The van der Waals surface area contributed by atoms with E-state index in [9.17, 15) is 19.2 Å². The maximum absolute atomic E-state index is 14.6. The molecule has 72 heavy (non-hydrogen) atoms. The number of nitrogens with zero attached hydrogens (tertiary/aromatic N) is 4. The van der Waals surface area contributed by atoms with E-state index in [0.29, 0.717) is 59.8 Å². The molecule has 28 radical (unpaired) electrons. The molecule has 2 fully saturated rings. The number of aromatic nitrogens is 4. The summed E-state index contributed by atoms with van der Waals surface area (Å²) in [7, 11) is 88.3. The maximum atomic E-state index is 14.6. The van der Waals surface area contributed by atoms with E-state index < -0.39 is 78.9 Å². The monoisotopic (exact) mass is 930 g/mol. The number of imidazole rings is 2. The summed E-state index contributed by atoms with van der Waals surface area (Å²) in [4.78, 5) is 73.3. The summed E-state index contributed by atoms with van der Waals surface area (Å²) in [5.74, 6) is -0.494. The number of rotatable bonds is 12. The van der Waals surface area contributed by atoms with E-state index in [4.69, 9.17) is 129 Å². The minimum absolute atomic E-state index is 0.132. The molecule has 3 aromatic carbocycles. The first-order valence-corrected chi connectivity index (χ1v) is 22.6. The molecule has 5 aromatic rings. The molecule has 4 amide bonds. The molecule has 3 aliphatic heterocycles. The molecular weight excluding hydrogens is 892 g/mol. The van der Waals surface area contributed by atoms with Crippen LogP contribution in [0.2, 0.25) is 25.9 Å². The summed E-state index contributed by atoms with van der Waals surface area (Å²) in [6, 6.07) is 11.8. The van der Waals surface area contributed by atoms with Gasteiger partial charge < -0.3 is 44.6 Å². The van der Waals surface area contributed by atoms with Gasteiger partial charge in [-0.15, -0.1) is 15.3 Å². The van der Waals surface area contributed by atoms with E-state index in [-0.39, 0.29) is 13.2 Å². The van der Waals surface area contributed by atoms with Crippen LogP contribution in [0.4, 0.5) is 9.59 Å². The molecule has 0 spiro atoms. The van der Waals surface area contributed by atoms with Gasteiger partial charge in [0.05, 0.1) is 131 Å². The SMILES string of the molecule is [B]C([B])([B])C([B])([B])[C@]([B])(NC(=O)OC)C(=O)N1[C@@H](C)CC[C@H]1c1nc2c(ccc3cc4c(cc32)OCc2cc(-c3cnc([C@@H]5CCCN5C(=O)[C@@]([B])(NC(=O)OC)C([B])(C([B])([B])[B])C([B])([B])[B])[nH]3)ccc2-4)[nH]1. The van der Waals surface area contributed by atoms with Crippen LogP contribution in [0.25, 0.3) is 44.2 Å². The zero-order chi connectivity index (χ0) is 52.9. The standard InChI is InChI=1S/C43H36B14N8O7/c1-18-6-11-28(65(18)34(67)38(45,63-36(69)71-3)40(47,48)43(55,56)57)32-59-25-10-8-19-14-24-22-9-7-20(13-21(22)17-72-29(24)15-23(19)30(25)61-32)26-16-58-31(60-26)27-5-4-12-64(27)33(66)37(44,62-35(68)70-2)39(46,41(49,50)51)42(52,53)54/h7-10,13-16,18,27-28H,4-6,11-12,17H2,1-3H3,(H,58,60)(H,59,61)(H,62,68)(H,63,69)/t18-,27-,28-,37+,38+/m0/s1. The number of aromatic amines is 2. The number of hydrogen-bond donors (Lipinski definition) is 4. The highest BCUT2D eigenvalue weighted by Crippen LogP contribution is 2.62. The molecule has 5 heterocycles. The van der Waals surface area contributed by atoms with Gasteiger partial charge in [-0.1, -0.05) is 28.7 Å². The third-order valence-electron chi connectivity index (χ3n) is 14.3. The van der Waals surface area contributed by atoms with Gasteiger partial charge in [0.2, 0.25) is 11.8 Å². The fourth-order valence-corrected chi connectivity index (χ4v) is 10.1. The Kier molecular flexibility index (Phi) is 13.5. The van der Waals surface area contributed by atoms with Gasteiger partial charge in [-0.3, -0.25) is 9.59 Å². The highest BCUT2D eigenvalue weighted by atomic mass is 16.5. The van der Waals surface area contributed by atoms with Crippen LogP contribution in [0.5, 0.6) is 5.75 Å². The van der Waals surface area contributed by atoms with Crippen LogP contribution in [0.15, 0.2) is 48.7 Å². The van der Waals surface area contributed by atoms with E-state index >= 15 is 0 Å². The van der Waals surface area contributed by atoms with Crippen LogP contribution < -0.4 is 15.4 Å². The van der Waals surface area contributed by atoms with Crippen molar-refractivity contribution in [3.63, 3.8) is 0 Å². The lowest BCUT2D eigenvalue weighted by molar-refractivity contribution is -0.138. The van der Waals surface area contributed by atoms with Crippen molar-refractivity contribution in [1.29, 1.82) is 0 Å². The molecular formula is C43H36B14N8O7. The number of H-pyrrole nitrogens is 2. The molecule has 2 aromatic heterocycles. The molecule has 0 unspecified atom stereocenters. The number of amides is 4. The highest BCUT2D eigenvalue weighted by molar-refractivity contribution is 6.71. The van der Waals surface area contributed by atoms with Gasteiger partial charge in [0.1, 0.15) is 39.7 Å². The smallest absolute Gasteiger partial charge is 0.407 e. The van der Waals surface area contributed by atoms with Gasteiger partial charge in [0.25, 0.3) is 0 Å². The summed E-state index contributed by atoms with van der Waals surface area (Å²) in [5, 5.41) is -7.05. The molecule has 0 bridgehead atoms. The van der Waals surface area contributed by atoms with Gasteiger partial charge >= 0.3 is 12.2 Å². The predicted octanol–water partition coefficient (Wildman–Crippen LogP) is 0.341. The number of methoxy groups -OCH3 is 2. The normalized spacial score (nSPS) is 20.1. The Balaban J connectivity index is 1.07. The maximum Gasteiger partial charge on any atom is 0.407 e. The van der Waals surface area contributed by atoms with Crippen LogP contribution in [0.1, 0.15) is 61.9 Å². The number of alkyl carbamates (subject to hydrolysis) is 2. The molecule has 8 rings (SSSR count). The molecule has 4 N–H and O–H groups in total. The lowest BCUT2D eigenvalue weighted by Gasteiger charge is -2.64. The predicted molar refractivity (Wildman–Crippen MR) is 283 cm³/mol. The first kappa shape index (κ1) is 53.1. The van der Waals surface area contributed by atoms with Crippen LogP contribution in [-0.4, -0.2) is 201 Å². The van der Waals surface area contributed by atoms with Crippen molar-refractivity contribution in [2.24, 2.45) is 0 Å². The van der Waals surface area contributed by atoms with Gasteiger partial charge in [-0.25, -0.2) is 19.6 Å². The number of likely N-dealkylation sites (tertiary alicyclic amines) is 2. The molecule has 0 aliphatic carbocycles. The lowest BCUT2D eigenvalue weighted by atomic mass is 9.11. The summed E-state index contributed by atoms with van der Waals surface area (Å²) in [5.41, 5.74) is -0.127. The first-order valence-electron chi connectivity index (χ1n) is 22.6. The van der Waals surface area contributed by atoms with Crippen molar-refractivity contribution >= 4 is 156 Å². The molecule has 2 saturated heterocycles. The third-order valence-corrected chi connectivity index (χ3v) is 14.3. The van der Waals surface area contributed by atoms with Gasteiger partial charge in [0.15, 0.2) is 0 Å². The van der Waals surface area contributed by atoms with Gasteiger partial charge in [-0.05, 0) is 78.9 Å². The van der Waals surface area contributed by atoms with Crippen molar-refractivity contribution in [1.82, 2.24) is 40.4 Å². The average Bonchev–Trinajstić information content (AvgIpc) is 4.15. The second-order valence-electron chi connectivity index (χ2n) is 19.1. The van der Waals surface area contributed by atoms with Crippen molar-refractivity contribution in [2.45, 2.75) is 94.1 Å². The summed E-state index contributed by atoms with van der Waals surface area (Å²) < 4.78 is 15.8. The summed E-state index contributed by atoms with van der Waals surface area (Å²) in [6.07, 6.45) is 1.19. The van der Waals surface area contributed by atoms with Crippen molar-refractivity contribution in [2.75, 3.05) is 20.8 Å². The van der Waals surface area contributed by atoms with Crippen molar-refractivity contribution < 1.29 is 33.4 Å². The van der Waals surface area contributed by atoms with Crippen LogP contribution in [-0.2, 0) is 25.7 Å². The molecule has 15 nitrogen and oxygen atoms in total. The number of carbonyl (C=O) groups excluding carboxylic acids is 4. The first-order chi connectivity index (χ1) is 33.4. The minimum atomic E-state index is -2.81. The number of carbonyl (C=O) groups is 4. The highest BCUT2D eigenvalue weighted by Gasteiger charge is 2.61. The number of ether oxygens (including phenoxy) is 3. The van der Waals surface area contributed by atoms with E-state index in [2.05, 4.69) is 25.6 Å². The van der Waals surface area contributed by atoms with Gasteiger partial charge in [0, 0.05) is 47.1 Å². The molecule has 0 saturated carbocycles. The van der Waals surface area contributed by atoms with E-state index in [0.717, 1.165) is 47.2 Å². The zero-order valence-electron chi connectivity index (χ0n) is 39.8. The number of nitrogens with one attached hydrogen (secondary N) is 4. The summed E-state index contributed by atoms with van der Waals surface area (Å²) in [6.45, 7) is 2.15.